The maximum Gasteiger partial charge on any atom is 0.270 e. The first-order valence-corrected chi connectivity index (χ1v) is 11.6. The second-order valence-corrected chi connectivity index (χ2v) is 8.38. The molecule has 1 heterocycles. The van der Waals surface area contributed by atoms with Gasteiger partial charge in [-0.1, -0.05) is 54.2 Å². The second kappa shape index (κ2) is 10.8. The Bertz CT molecular complexity index is 1290. The van der Waals surface area contributed by atoms with E-state index < -0.39 is 4.92 Å². The molecule has 0 radical (unpaired) electrons. The number of ether oxygens (including phenoxy) is 1. The lowest BCUT2D eigenvalue weighted by molar-refractivity contribution is -0.384. The van der Waals surface area contributed by atoms with E-state index in [4.69, 9.17) is 4.74 Å². The van der Waals surface area contributed by atoms with E-state index in [-0.39, 0.29) is 17.2 Å². The Morgan fingerprint density at radius 3 is 2.50 bits per heavy atom. The lowest BCUT2D eigenvalue weighted by Crippen LogP contribution is -2.08. The molecule has 0 aliphatic rings. The number of carbonyl (C=O) groups excluding carboxylic acids is 1. The van der Waals surface area contributed by atoms with Gasteiger partial charge in [0.15, 0.2) is 16.8 Å². The van der Waals surface area contributed by atoms with Gasteiger partial charge in [0.25, 0.3) is 5.69 Å². The van der Waals surface area contributed by atoms with E-state index in [1.54, 1.807) is 13.2 Å². The van der Waals surface area contributed by atoms with Gasteiger partial charge in [0, 0.05) is 29.8 Å². The minimum absolute atomic E-state index is 0.0905. The summed E-state index contributed by atoms with van der Waals surface area (Å²) in [5, 5.41) is 20.4. The number of rotatable bonds is 10. The number of benzene rings is 3. The predicted molar refractivity (Wildman–Crippen MR) is 130 cm³/mol. The van der Waals surface area contributed by atoms with Gasteiger partial charge < -0.3 is 9.30 Å². The molecule has 0 saturated heterocycles. The lowest BCUT2D eigenvalue weighted by atomic mass is 10.1. The second-order valence-electron chi connectivity index (χ2n) is 7.44. The maximum atomic E-state index is 12.7. The van der Waals surface area contributed by atoms with Crippen molar-refractivity contribution in [3.63, 3.8) is 0 Å². The number of aryl methyl sites for hydroxylation is 1. The first-order chi connectivity index (χ1) is 16.5. The Morgan fingerprint density at radius 1 is 1.03 bits per heavy atom. The van der Waals surface area contributed by atoms with Crippen LogP contribution in [0.25, 0.3) is 11.4 Å². The first kappa shape index (κ1) is 23.2. The molecule has 0 N–H and O–H groups in total. The molecule has 34 heavy (non-hydrogen) atoms. The van der Waals surface area contributed by atoms with E-state index >= 15 is 0 Å². The number of Topliss-reactive ketones (excluding diaryl/α,β-unsaturated/α-hetero) is 1. The van der Waals surface area contributed by atoms with Crippen molar-refractivity contribution in [2.24, 2.45) is 0 Å². The number of nitro groups is 1. The van der Waals surface area contributed by atoms with Crippen molar-refractivity contribution in [2.45, 2.75) is 18.1 Å². The quantitative estimate of drug-likeness (QED) is 0.137. The molecular formula is C25H22N4O4S. The molecule has 0 aliphatic carbocycles. The van der Waals surface area contributed by atoms with Crippen molar-refractivity contribution in [1.29, 1.82) is 0 Å². The number of nitro benzene ring substituents is 1. The average Bonchev–Trinajstić information content (AvgIpc) is 3.29. The fourth-order valence-electron chi connectivity index (χ4n) is 3.44. The third-order valence-electron chi connectivity index (χ3n) is 5.24. The Labute approximate surface area is 200 Å². The monoisotopic (exact) mass is 474 g/mol. The van der Waals surface area contributed by atoms with Gasteiger partial charge in [0.05, 0.1) is 17.8 Å². The van der Waals surface area contributed by atoms with Crippen molar-refractivity contribution in [3.8, 4) is 17.1 Å². The maximum absolute atomic E-state index is 12.7. The summed E-state index contributed by atoms with van der Waals surface area (Å²) in [6, 6.07) is 23.4. The SMILES string of the molecule is COc1ccc(-c2nnc(SCC(=O)c3cccc([N+](=O)[O-])c3)n2CCc2ccccc2)cc1. The normalized spacial score (nSPS) is 10.7. The number of hydrogen-bond acceptors (Lipinski definition) is 7. The van der Waals surface area contributed by atoms with Crippen molar-refractivity contribution in [2.75, 3.05) is 12.9 Å². The molecule has 0 atom stereocenters. The first-order valence-electron chi connectivity index (χ1n) is 10.6. The van der Waals surface area contributed by atoms with E-state index in [1.807, 2.05) is 47.0 Å². The van der Waals surface area contributed by atoms with Crippen LogP contribution in [0.4, 0.5) is 5.69 Å². The van der Waals surface area contributed by atoms with Gasteiger partial charge in [-0.25, -0.2) is 0 Å². The minimum atomic E-state index is -0.509. The molecule has 0 spiro atoms. The number of nitrogens with zero attached hydrogens (tertiary/aromatic N) is 4. The predicted octanol–water partition coefficient (Wildman–Crippen LogP) is 5.08. The van der Waals surface area contributed by atoms with Gasteiger partial charge in [-0.2, -0.15) is 0 Å². The summed E-state index contributed by atoms with van der Waals surface area (Å²) in [4.78, 5) is 23.2. The molecule has 0 unspecified atom stereocenters. The Kier molecular flexibility index (Phi) is 7.34. The molecule has 4 rings (SSSR count). The van der Waals surface area contributed by atoms with Crippen molar-refractivity contribution in [1.82, 2.24) is 14.8 Å². The zero-order valence-electron chi connectivity index (χ0n) is 18.5. The van der Waals surface area contributed by atoms with Gasteiger partial charge in [0.1, 0.15) is 5.75 Å². The highest BCUT2D eigenvalue weighted by Gasteiger charge is 2.18. The van der Waals surface area contributed by atoms with Crippen LogP contribution >= 0.6 is 11.8 Å². The summed E-state index contributed by atoms with van der Waals surface area (Å²) in [6.45, 7) is 0.631. The number of methoxy groups -OCH3 is 1. The van der Waals surface area contributed by atoms with Crippen molar-refractivity contribution >= 4 is 23.2 Å². The number of non-ortho nitro benzene ring substituents is 1. The third kappa shape index (κ3) is 5.49. The zero-order valence-corrected chi connectivity index (χ0v) is 19.3. The number of ketones is 1. The van der Waals surface area contributed by atoms with Gasteiger partial charge in [-0.15, -0.1) is 10.2 Å². The molecule has 172 valence electrons. The molecule has 3 aromatic carbocycles. The number of thioether (sulfide) groups is 1. The van der Waals surface area contributed by atoms with Crippen molar-refractivity contribution < 1.29 is 14.5 Å². The van der Waals surface area contributed by atoms with Crippen LogP contribution in [-0.2, 0) is 13.0 Å². The molecule has 9 heteroatoms. The van der Waals surface area contributed by atoms with Crippen molar-refractivity contribution in [3.05, 3.63) is 100 Å². The molecule has 0 amide bonds. The molecular weight excluding hydrogens is 452 g/mol. The molecule has 0 saturated carbocycles. The summed E-state index contributed by atoms with van der Waals surface area (Å²) in [7, 11) is 1.62. The van der Waals surface area contributed by atoms with E-state index in [9.17, 15) is 14.9 Å². The molecule has 8 nitrogen and oxygen atoms in total. The average molecular weight is 475 g/mol. The third-order valence-corrected chi connectivity index (χ3v) is 6.21. The Hall–Kier alpha value is -3.98. The fourth-order valence-corrected chi connectivity index (χ4v) is 4.30. The standard InChI is InChI=1S/C25H22N4O4S/c1-33-22-12-10-19(11-13-22)24-26-27-25(28(24)15-14-18-6-3-2-4-7-18)34-17-23(30)20-8-5-9-21(16-20)29(31)32/h2-13,16H,14-15,17H2,1H3. The molecule has 0 bridgehead atoms. The van der Waals surface area contributed by atoms with Crippen LogP contribution in [0.3, 0.4) is 0 Å². The number of hydrogen-bond donors (Lipinski definition) is 0. The van der Waals surface area contributed by atoms with Crippen LogP contribution in [0.15, 0.2) is 84.0 Å². The summed E-state index contributed by atoms with van der Waals surface area (Å²) in [5.74, 6) is 1.32. The van der Waals surface area contributed by atoms with E-state index in [0.29, 0.717) is 23.1 Å². The van der Waals surface area contributed by atoms with E-state index in [2.05, 4.69) is 22.3 Å². The fraction of sp³-hybridized carbons (Fsp3) is 0.160. The highest BCUT2D eigenvalue weighted by Crippen LogP contribution is 2.27. The summed E-state index contributed by atoms with van der Waals surface area (Å²) in [6.07, 6.45) is 0.772. The smallest absolute Gasteiger partial charge is 0.270 e. The van der Waals surface area contributed by atoms with Crippen LogP contribution in [0, 0.1) is 10.1 Å². The molecule has 0 aliphatic heterocycles. The minimum Gasteiger partial charge on any atom is -0.497 e. The van der Waals surface area contributed by atoms with Crippen LogP contribution in [0.1, 0.15) is 15.9 Å². The van der Waals surface area contributed by atoms with Gasteiger partial charge in [-0.3, -0.25) is 14.9 Å². The zero-order chi connectivity index (χ0) is 23.9. The topological polar surface area (TPSA) is 100 Å². The largest absolute Gasteiger partial charge is 0.497 e. The highest BCUT2D eigenvalue weighted by atomic mass is 32.2. The summed E-state index contributed by atoms with van der Waals surface area (Å²) in [5.41, 5.74) is 2.26. The van der Waals surface area contributed by atoms with Gasteiger partial charge >= 0.3 is 0 Å². The van der Waals surface area contributed by atoms with E-state index in [0.717, 1.165) is 17.7 Å². The Morgan fingerprint density at radius 2 is 1.79 bits per heavy atom. The molecule has 4 aromatic rings. The number of carbonyl (C=O) groups is 1. The lowest BCUT2D eigenvalue weighted by Gasteiger charge is -2.11. The van der Waals surface area contributed by atoms with Gasteiger partial charge in [-0.05, 0) is 36.2 Å². The van der Waals surface area contributed by atoms with Gasteiger partial charge in [0.2, 0.25) is 0 Å². The molecule has 1 aromatic heterocycles. The van der Waals surface area contributed by atoms with Crippen LogP contribution in [-0.4, -0.2) is 38.3 Å². The highest BCUT2D eigenvalue weighted by molar-refractivity contribution is 7.99. The number of aromatic nitrogens is 3. The van der Waals surface area contributed by atoms with Crippen LogP contribution < -0.4 is 4.74 Å². The Balaban J connectivity index is 1.56. The van der Waals surface area contributed by atoms with Crippen LogP contribution in [0.2, 0.25) is 0 Å². The van der Waals surface area contributed by atoms with Crippen LogP contribution in [0.5, 0.6) is 5.75 Å². The summed E-state index contributed by atoms with van der Waals surface area (Å²) < 4.78 is 7.25. The van der Waals surface area contributed by atoms with E-state index in [1.165, 1.54) is 35.5 Å². The molecule has 0 fully saturated rings. The summed E-state index contributed by atoms with van der Waals surface area (Å²) >= 11 is 1.27.